The lowest BCUT2D eigenvalue weighted by atomic mass is 9.87. The Kier molecular flexibility index (Phi) is 6.37. The molecule has 3 aromatic heterocycles. The first kappa shape index (κ1) is 27.5. The fraction of sp³-hybridized carbons (Fsp3) is 0.0233. The zero-order valence-electron chi connectivity index (χ0n) is 25.8. The number of thiophene rings is 1. The molecule has 6 aromatic carbocycles. The van der Waals surface area contributed by atoms with Crippen molar-refractivity contribution in [2.24, 2.45) is 0 Å². The molecule has 0 fully saturated rings. The highest BCUT2D eigenvalue weighted by molar-refractivity contribution is 7.26. The van der Waals surface area contributed by atoms with Gasteiger partial charge in [0.15, 0.2) is 0 Å². The molecule has 0 saturated heterocycles. The van der Waals surface area contributed by atoms with Crippen molar-refractivity contribution in [3.63, 3.8) is 0 Å². The molecule has 0 aliphatic heterocycles. The predicted octanol–water partition coefficient (Wildman–Crippen LogP) is 11.6. The molecule has 0 radical (unpaired) electrons. The van der Waals surface area contributed by atoms with E-state index in [0.29, 0.717) is 5.95 Å². The van der Waals surface area contributed by atoms with Crippen molar-refractivity contribution in [2.45, 2.75) is 6.92 Å². The highest BCUT2D eigenvalue weighted by Crippen LogP contribution is 2.44. The minimum absolute atomic E-state index is 0.669. The van der Waals surface area contributed by atoms with E-state index in [-0.39, 0.29) is 0 Å². The molecule has 0 atom stereocenters. The van der Waals surface area contributed by atoms with Crippen LogP contribution in [0.4, 0.5) is 0 Å². The molecule has 47 heavy (non-hydrogen) atoms. The molecule has 0 amide bonds. The highest BCUT2D eigenvalue weighted by Gasteiger charge is 2.23. The molecule has 0 N–H and O–H groups in total. The zero-order chi connectivity index (χ0) is 31.5. The van der Waals surface area contributed by atoms with Crippen LogP contribution in [0.2, 0.25) is 0 Å². The molecule has 222 valence electrons. The Bertz CT molecular complexity index is 2650. The molecule has 0 spiro atoms. The number of aromatic nitrogens is 3. The number of aryl methyl sites for hydroxylation is 1. The lowest BCUT2D eigenvalue weighted by Gasteiger charge is -2.16. The van der Waals surface area contributed by atoms with Gasteiger partial charge in [0.2, 0.25) is 5.95 Å². The van der Waals surface area contributed by atoms with Crippen molar-refractivity contribution in [1.82, 2.24) is 14.5 Å². The summed E-state index contributed by atoms with van der Waals surface area (Å²) in [5.74, 6) is 0.669. The molecule has 9 aromatic rings. The number of para-hydroxylation sites is 1. The van der Waals surface area contributed by atoms with Crippen LogP contribution in [0, 0.1) is 6.92 Å². The van der Waals surface area contributed by atoms with Crippen LogP contribution in [-0.4, -0.2) is 14.5 Å². The quantitative estimate of drug-likeness (QED) is 0.192. The molecule has 0 saturated carbocycles. The molecule has 9 rings (SSSR count). The largest absolute Gasteiger partial charge is 0.278 e. The first-order valence-corrected chi connectivity index (χ1v) is 16.6. The van der Waals surface area contributed by atoms with Gasteiger partial charge >= 0.3 is 0 Å². The van der Waals surface area contributed by atoms with E-state index in [0.717, 1.165) is 60.2 Å². The van der Waals surface area contributed by atoms with Crippen LogP contribution in [0.1, 0.15) is 16.7 Å². The van der Waals surface area contributed by atoms with Crippen LogP contribution in [0.3, 0.4) is 0 Å². The van der Waals surface area contributed by atoms with E-state index in [4.69, 9.17) is 9.97 Å². The van der Waals surface area contributed by atoms with E-state index < -0.39 is 0 Å². The van der Waals surface area contributed by atoms with Crippen molar-refractivity contribution < 1.29 is 0 Å². The SMILES string of the molecule is C=C(c1ccccc1)c1ccccc1-c1c(C)ccc2c1c1ccccc1n2-c1nc(-c2ccccc2)c2sc3ccccc3c2n1. The summed E-state index contributed by atoms with van der Waals surface area (Å²) in [5.41, 5.74) is 12.0. The minimum atomic E-state index is 0.669. The Hall–Kier alpha value is -5.84. The molecular formula is C43H29N3S. The Morgan fingerprint density at radius 2 is 1.32 bits per heavy atom. The van der Waals surface area contributed by atoms with E-state index in [1.165, 1.54) is 26.6 Å². The zero-order valence-corrected chi connectivity index (χ0v) is 26.6. The van der Waals surface area contributed by atoms with E-state index in [1.807, 2.05) is 6.07 Å². The number of nitrogens with zero attached hydrogens (tertiary/aromatic N) is 3. The number of hydrogen-bond acceptors (Lipinski definition) is 3. The summed E-state index contributed by atoms with van der Waals surface area (Å²) < 4.78 is 4.56. The van der Waals surface area contributed by atoms with Crippen LogP contribution in [-0.2, 0) is 0 Å². The van der Waals surface area contributed by atoms with Gasteiger partial charge < -0.3 is 0 Å². The van der Waals surface area contributed by atoms with Crippen LogP contribution in [0.15, 0.2) is 152 Å². The molecule has 3 nitrogen and oxygen atoms in total. The third-order valence-electron chi connectivity index (χ3n) is 9.15. The molecular weight excluding hydrogens is 591 g/mol. The van der Waals surface area contributed by atoms with Gasteiger partial charge in [0.25, 0.3) is 0 Å². The summed E-state index contributed by atoms with van der Waals surface area (Å²) in [6, 6.07) is 51.2. The van der Waals surface area contributed by atoms with Gasteiger partial charge in [0, 0.05) is 26.4 Å². The van der Waals surface area contributed by atoms with Gasteiger partial charge in [0.05, 0.1) is 26.9 Å². The first-order chi connectivity index (χ1) is 23.2. The Labute approximate surface area is 276 Å². The summed E-state index contributed by atoms with van der Waals surface area (Å²) in [4.78, 5) is 10.7. The Morgan fingerprint density at radius 1 is 0.638 bits per heavy atom. The highest BCUT2D eigenvalue weighted by atomic mass is 32.1. The van der Waals surface area contributed by atoms with Gasteiger partial charge in [-0.3, -0.25) is 4.57 Å². The molecule has 0 unspecified atom stereocenters. The number of rotatable bonds is 5. The maximum absolute atomic E-state index is 5.37. The molecule has 0 aliphatic carbocycles. The van der Waals surface area contributed by atoms with Gasteiger partial charge in [-0.25, -0.2) is 9.97 Å². The smallest absolute Gasteiger partial charge is 0.235 e. The summed E-state index contributed by atoms with van der Waals surface area (Å²) >= 11 is 1.76. The minimum Gasteiger partial charge on any atom is -0.278 e. The summed E-state index contributed by atoms with van der Waals surface area (Å²) in [6.45, 7) is 6.77. The molecule has 3 heterocycles. The summed E-state index contributed by atoms with van der Waals surface area (Å²) in [5, 5.41) is 3.51. The van der Waals surface area contributed by atoms with Crippen molar-refractivity contribution >= 4 is 59.0 Å². The van der Waals surface area contributed by atoms with E-state index >= 15 is 0 Å². The van der Waals surface area contributed by atoms with Crippen molar-refractivity contribution in [1.29, 1.82) is 0 Å². The maximum atomic E-state index is 5.37. The summed E-state index contributed by atoms with van der Waals surface area (Å²) in [7, 11) is 0. The van der Waals surface area contributed by atoms with Gasteiger partial charge in [-0.15, -0.1) is 11.3 Å². The Morgan fingerprint density at radius 3 is 2.15 bits per heavy atom. The lowest BCUT2D eigenvalue weighted by Crippen LogP contribution is -2.03. The monoisotopic (exact) mass is 619 g/mol. The van der Waals surface area contributed by atoms with Crippen molar-refractivity contribution in [3.8, 4) is 28.3 Å². The van der Waals surface area contributed by atoms with Crippen molar-refractivity contribution in [3.05, 3.63) is 169 Å². The van der Waals surface area contributed by atoms with Gasteiger partial charge in [-0.05, 0) is 58.5 Å². The second-order valence-corrected chi connectivity index (χ2v) is 13.0. The maximum Gasteiger partial charge on any atom is 0.235 e. The Balaban J connectivity index is 1.37. The fourth-order valence-corrected chi connectivity index (χ4v) is 8.11. The topological polar surface area (TPSA) is 30.7 Å². The number of fused-ring (bicyclic) bond motifs is 6. The normalized spacial score (nSPS) is 11.6. The second kappa shape index (κ2) is 10.9. The van der Waals surface area contributed by atoms with Crippen molar-refractivity contribution in [2.75, 3.05) is 0 Å². The standard InChI is InChI=1S/C43H29N3S/c1-27-25-26-36-39(38(27)32-20-10-9-19-31(32)28(2)29-15-5-3-6-16-29)33-21-11-13-23-35(33)46(36)43-44-40(30-17-7-4-8-18-30)42-41(45-43)34-22-12-14-24-37(34)47-42/h3-26H,2H2,1H3. The van der Waals surface area contributed by atoms with Crippen LogP contribution in [0.5, 0.6) is 0 Å². The lowest BCUT2D eigenvalue weighted by molar-refractivity contribution is 1.02. The van der Waals surface area contributed by atoms with E-state index in [9.17, 15) is 0 Å². The fourth-order valence-electron chi connectivity index (χ4n) is 6.96. The van der Waals surface area contributed by atoms with Crippen LogP contribution in [0.25, 0.3) is 76.0 Å². The first-order valence-electron chi connectivity index (χ1n) is 15.8. The predicted molar refractivity (Wildman–Crippen MR) is 199 cm³/mol. The number of hydrogen-bond donors (Lipinski definition) is 0. The van der Waals surface area contributed by atoms with Crippen LogP contribution < -0.4 is 0 Å². The molecule has 0 bridgehead atoms. The van der Waals surface area contributed by atoms with Gasteiger partial charge in [-0.1, -0.05) is 134 Å². The molecule has 4 heteroatoms. The summed E-state index contributed by atoms with van der Waals surface area (Å²) in [6.07, 6.45) is 0. The van der Waals surface area contributed by atoms with E-state index in [1.54, 1.807) is 11.3 Å². The molecule has 0 aliphatic rings. The average Bonchev–Trinajstić information content (AvgIpc) is 3.67. The third kappa shape index (κ3) is 4.33. The number of benzene rings is 6. The van der Waals surface area contributed by atoms with Crippen LogP contribution >= 0.6 is 11.3 Å². The van der Waals surface area contributed by atoms with E-state index in [2.05, 4.69) is 158 Å². The second-order valence-electron chi connectivity index (χ2n) is 11.9. The average molecular weight is 620 g/mol. The third-order valence-corrected chi connectivity index (χ3v) is 10.3. The van der Waals surface area contributed by atoms with Gasteiger partial charge in [-0.2, -0.15) is 0 Å². The van der Waals surface area contributed by atoms with Gasteiger partial charge in [0.1, 0.15) is 0 Å².